The zero-order chi connectivity index (χ0) is 27.1. The van der Waals surface area contributed by atoms with Gasteiger partial charge < -0.3 is 15.4 Å². The molecule has 8 nitrogen and oxygen atoms in total. The molecule has 2 aromatic carbocycles. The van der Waals surface area contributed by atoms with Crippen LogP contribution in [0.15, 0.2) is 65.8 Å². The Morgan fingerprint density at radius 2 is 1.70 bits per heavy atom. The van der Waals surface area contributed by atoms with Crippen molar-refractivity contribution in [2.75, 3.05) is 19.7 Å². The highest BCUT2D eigenvalue weighted by atomic mass is 28.3. The van der Waals surface area contributed by atoms with E-state index in [1.807, 2.05) is 67.6 Å². The molecule has 0 aliphatic heterocycles. The third-order valence-corrected chi connectivity index (χ3v) is 7.88. The Morgan fingerprint density at radius 1 is 1.05 bits per heavy atom. The first kappa shape index (κ1) is 30.1. The van der Waals surface area contributed by atoms with Crippen LogP contribution in [0.1, 0.15) is 36.8 Å². The molecule has 0 spiro atoms. The van der Waals surface area contributed by atoms with Gasteiger partial charge in [0.15, 0.2) is 0 Å². The molecule has 0 heterocycles. The number of ether oxygens (including phenoxy) is 1. The number of nitrogens with one attached hydrogen (secondary N) is 2. The standard InChI is InChI=1S/C28H41N5O3Si/c1-5-30-27(34)25(20-22-12-8-6-9-13-22)31-17-16-24(23-14-10-7-11-15-23)21-26(32-33-29)28(35)36-18-19-37(2,3)4/h6-15,24-26,31H,5,16-21H2,1-4H3,(H,30,34). The number of esters is 1. The van der Waals surface area contributed by atoms with E-state index in [1.165, 1.54) is 0 Å². The first-order valence-electron chi connectivity index (χ1n) is 13.0. The first-order chi connectivity index (χ1) is 17.7. The third-order valence-electron chi connectivity index (χ3n) is 6.17. The van der Waals surface area contributed by atoms with Crippen LogP contribution in [0.2, 0.25) is 25.7 Å². The minimum atomic E-state index is -1.36. The van der Waals surface area contributed by atoms with Gasteiger partial charge in [0.2, 0.25) is 5.91 Å². The Morgan fingerprint density at radius 3 is 2.30 bits per heavy atom. The number of azide groups is 1. The van der Waals surface area contributed by atoms with Gasteiger partial charge >= 0.3 is 5.97 Å². The van der Waals surface area contributed by atoms with E-state index in [0.29, 0.717) is 39.0 Å². The van der Waals surface area contributed by atoms with E-state index in [9.17, 15) is 9.59 Å². The van der Waals surface area contributed by atoms with Crippen molar-refractivity contribution in [2.24, 2.45) is 5.11 Å². The van der Waals surface area contributed by atoms with Crippen molar-refractivity contribution in [2.45, 2.75) is 69.9 Å². The van der Waals surface area contributed by atoms with Crippen LogP contribution in [0.25, 0.3) is 10.4 Å². The van der Waals surface area contributed by atoms with Gasteiger partial charge in [0, 0.05) is 19.5 Å². The number of amides is 1. The average Bonchev–Trinajstić information content (AvgIpc) is 2.87. The number of benzene rings is 2. The maximum Gasteiger partial charge on any atom is 0.314 e. The topological polar surface area (TPSA) is 116 Å². The molecular formula is C28H41N5O3Si. The van der Waals surface area contributed by atoms with Gasteiger partial charge in [0.1, 0.15) is 6.04 Å². The number of carbonyl (C=O) groups excluding carboxylic acids is 2. The van der Waals surface area contributed by atoms with E-state index >= 15 is 0 Å². The zero-order valence-corrected chi connectivity index (χ0v) is 23.5. The molecule has 2 rings (SSSR count). The van der Waals surface area contributed by atoms with Crippen molar-refractivity contribution in [3.05, 3.63) is 82.2 Å². The van der Waals surface area contributed by atoms with E-state index in [4.69, 9.17) is 10.3 Å². The summed E-state index contributed by atoms with van der Waals surface area (Å²) in [6, 6.07) is 19.4. The van der Waals surface area contributed by atoms with Gasteiger partial charge in [-0.3, -0.25) is 9.59 Å². The highest BCUT2D eigenvalue weighted by Crippen LogP contribution is 2.26. The number of likely N-dealkylation sites (N-methyl/N-ethyl adjacent to an activating group) is 1. The maximum atomic E-state index is 12.8. The summed E-state index contributed by atoms with van der Waals surface area (Å²) < 4.78 is 5.50. The Bertz CT molecular complexity index is 1010. The van der Waals surface area contributed by atoms with Crippen molar-refractivity contribution >= 4 is 20.0 Å². The number of nitrogens with zero attached hydrogens (tertiary/aromatic N) is 3. The van der Waals surface area contributed by atoms with E-state index < -0.39 is 20.1 Å². The molecule has 0 fully saturated rings. The summed E-state index contributed by atoms with van der Waals surface area (Å²) in [5, 5.41) is 10.1. The molecule has 1 amide bonds. The lowest BCUT2D eigenvalue weighted by atomic mass is 9.89. The minimum absolute atomic E-state index is 0.0412. The van der Waals surface area contributed by atoms with Gasteiger partial charge in [-0.15, -0.1) is 0 Å². The van der Waals surface area contributed by atoms with Crippen LogP contribution in [-0.2, 0) is 20.7 Å². The Labute approximate surface area is 221 Å². The second kappa shape index (κ2) is 15.9. The number of hydrogen-bond donors (Lipinski definition) is 2. The van der Waals surface area contributed by atoms with Crippen LogP contribution >= 0.6 is 0 Å². The fraction of sp³-hybridized carbons (Fsp3) is 0.500. The van der Waals surface area contributed by atoms with Crippen LogP contribution in [0.3, 0.4) is 0 Å². The molecule has 0 saturated carbocycles. The average molecular weight is 524 g/mol. The van der Waals surface area contributed by atoms with Crippen molar-refractivity contribution in [1.82, 2.24) is 10.6 Å². The fourth-order valence-electron chi connectivity index (χ4n) is 4.06. The predicted octanol–water partition coefficient (Wildman–Crippen LogP) is 5.45. The fourth-order valence-corrected chi connectivity index (χ4v) is 4.77. The van der Waals surface area contributed by atoms with E-state index in [0.717, 1.165) is 17.2 Å². The van der Waals surface area contributed by atoms with Crippen molar-refractivity contribution in [3.8, 4) is 0 Å². The number of rotatable bonds is 16. The normalized spacial score (nSPS) is 13.6. The minimum Gasteiger partial charge on any atom is -0.466 e. The second-order valence-electron chi connectivity index (χ2n) is 10.4. The van der Waals surface area contributed by atoms with E-state index in [-0.39, 0.29) is 17.9 Å². The maximum absolute atomic E-state index is 12.8. The van der Waals surface area contributed by atoms with Crippen molar-refractivity contribution in [1.29, 1.82) is 0 Å². The lowest BCUT2D eigenvalue weighted by Gasteiger charge is -2.23. The second-order valence-corrected chi connectivity index (χ2v) is 16.0. The highest BCUT2D eigenvalue weighted by molar-refractivity contribution is 6.76. The van der Waals surface area contributed by atoms with Crippen LogP contribution < -0.4 is 10.6 Å². The summed E-state index contributed by atoms with van der Waals surface area (Å²) in [6.45, 7) is 10.0. The van der Waals surface area contributed by atoms with Crippen molar-refractivity contribution < 1.29 is 14.3 Å². The third kappa shape index (κ3) is 11.6. The van der Waals surface area contributed by atoms with Gasteiger partial charge in [-0.1, -0.05) is 85.4 Å². The smallest absolute Gasteiger partial charge is 0.314 e. The molecule has 3 unspecified atom stereocenters. The van der Waals surface area contributed by atoms with Gasteiger partial charge in [0.25, 0.3) is 0 Å². The summed E-state index contributed by atoms with van der Waals surface area (Å²) in [5.41, 5.74) is 11.3. The summed E-state index contributed by atoms with van der Waals surface area (Å²) >= 11 is 0. The van der Waals surface area contributed by atoms with Crippen LogP contribution in [0.4, 0.5) is 0 Å². The molecule has 9 heteroatoms. The highest BCUT2D eigenvalue weighted by Gasteiger charge is 2.26. The Balaban J connectivity index is 2.10. The molecular weight excluding hydrogens is 482 g/mol. The summed E-state index contributed by atoms with van der Waals surface area (Å²) in [7, 11) is -1.36. The molecule has 0 aromatic heterocycles. The van der Waals surface area contributed by atoms with Gasteiger partial charge in [-0.25, -0.2) is 0 Å². The van der Waals surface area contributed by atoms with Crippen molar-refractivity contribution in [3.63, 3.8) is 0 Å². The van der Waals surface area contributed by atoms with Gasteiger partial charge in [0.05, 0.1) is 12.6 Å². The summed E-state index contributed by atoms with van der Waals surface area (Å²) in [4.78, 5) is 28.4. The van der Waals surface area contributed by atoms with E-state index in [1.54, 1.807) is 0 Å². The number of carbonyl (C=O) groups is 2. The SMILES string of the molecule is CCNC(=O)C(Cc1ccccc1)NCCC(CC(N=[N+]=[N-])C(=O)OCC[Si](C)(C)C)c1ccccc1. The summed E-state index contributed by atoms with van der Waals surface area (Å²) in [6.07, 6.45) is 1.58. The molecule has 2 aromatic rings. The largest absolute Gasteiger partial charge is 0.466 e. The molecule has 0 bridgehead atoms. The monoisotopic (exact) mass is 523 g/mol. The van der Waals surface area contributed by atoms with Crippen LogP contribution in [0, 0.1) is 0 Å². The van der Waals surface area contributed by atoms with Gasteiger partial charge in [-0.2, -0.15) is 0 Å². The molecule has 0 radical (unpaired) electrons. The van der Waals surface area contributed by atoms with E-state index in [2.05, 4.69) is 40.3 Å². The first-order valence-corrected chi connectivity index (χ1v) is 16.7. The zero-order valence-electron chi connectivity index (χ0n) is 22.5. The lowest BCUT2D eigenvalue weighted by Crippen LogP contribution is -2.46. The number of hydrogen-bond acceptors (Lipinski definition) is 5. The van der Waals surface area contributed by atoms with Crippen LogP contribution in [-0.4, -0.2) is 51.7 Å². The molecule has 0 aliphatic carbocycles. The van der Waals surface area contributed by atoms with Crippen LogP contribution in [0.5, 0.6) is 0 Å². The molecule has 3 atom stereocenters. The lowest BCUT2D eigenvalue weighted by molar-refractivity contribution is -0.144. The quantitative estimate of drug-likeness (QED) is 0.100. The molecule has 2 N–H and O–H groups in total. The molecule has 0 saturated heterocycles. The molecule has 0 aliphatic rings. The summed E-state index contributed by atoms with van der Waals surface area (Å²) in [5.74, 6) is -0.574. The Hall–Kier alpha value is -3.13. The molecule has 37 heavy (non-hydrogen) atoms. The molecule has 200 valence electrons. The van der Waals surface area contributed by atoms with Gasteiger partial charge in [-0.05, 0) is 61.4 Å². The predicted molar refractivity (Wildman–Crippen MR) is 151 cm³/mol. The Kier molecular flexibility index (Phi) is 12.9.